The van der Waals surface area contributed by atoms with Crippen molar-refractivity contribution in [2.24, 2.45) is 0 Å². The number of nitrogens with one attached hydrogen (secondary N) is 1. The van der Waals surface area contributed by atoms with Crippen LogP contribution in [0.1, 0.15) is 42.2 Å². The molecule has 156 valence electrons. The molecule has 0 unspecified atom stereocenters. The van der Waals surface area contributed by atoms with Crippen molar-refractivity contribution in [3.8, 4) is 5.75 Å². The third kappa shape index (κ3) is 3.56. The Kier molecular flexibility index (Phi) is 5.29. The van der Waals surface area contributed by atoms with Crippen molar-refractivity contribution in [3.05, 3.63) is 50.9 Å². The molecule has 2 aromatic heterocycles. The average molecular weight is 427 g/mol. The van der Waals surface area contributed by atoms with Crippen LogP contribution in [0, 0.1) is 17.0 Å². The number of fused-ring (bicyclic) bond motifs is 3. The van der Waals surface area contributed by atoms with Crippen molar-refractivity contribution in [2.45, 2.75) is 39.5 Å². The number of anilines is 1. The number of aryl methyl sites for hydroxylation is 3. The fourth-order valence-electron chi connectivity index (χ4n) is 3.92. The van der Waals surface area contributed by atoms with E-state index >= 15 is 0 Å². The monoisotopic (exact) mass is 427 g/mol. The number of carbonyl (C=O) groups is 1. The highest BCUT2D eigenvalue weighted by molar-refractivity contribution is 7.18. The summed E-state index contributed by atoms with van der Waals surface area (Å²) in [6.45, 7) is 3.79. The zero-order chi connectivity index (χ0) is 21.4. The van der Waals surface area contributed by atoms with E-state index in [0.717, 1.165) is 71.1 Å². The minimum Gasteiger partial charge on any atom is -0.496 e. The molecule has 3 aromatic rings. The van der Waals surface area contributed by atoms with E-state index in [1.807, 2.05) is 19.9 Å². The Bertz CT molecular complexity index is 1190. The van der Waals surface area contributed by atoms with Gasteiger partial charge in [-0.05, 0) is 56.1 Å². The van der Waals surface area contributed by atoms with Crippen molar-refractivity contribution in [1.82, 2.24) is 4.98 Å². The Morgan fingerprint density at radius 3 is 2.87 bits per heavy atom. The summed E-state index contributed by atoms with van der Waals surface area (Å²) < 4.78 is 11.8. The first-order valence-electron chi connectivity index (χ1n) is 9.60. The Hall–Kier alpha value is -3.20. The van der Waals surface area contributed by atoms with Gasteiger partial charge in [-0.25, -0.2) is 4.98 Å². The van der Waals surface area contributed by atoms with Crippen LogP contribution in [0.15, 0.2) is 22.8 Å². The van der Waals surface area contributed by atoms with E-state index in [-0.39, 0.29) is 10.1 Å². The first kappa shape index (κ1) is 20.1. The van der Waals surface area contributed by atoms with Gasteiger partial charge in [-0.3, -0.25) is 20.2 Å². The van der Waals surface area contributed by atoms with Crippen molar-refractivity contribution in [1.29, 1.82) is 0 Å². The number of nitrogens with zero attached hydrogens (tertiary/aromatic N) is 2. The molecule has 1 N–H and O–H groups in total. The molecule has 4 rings (SSSR count). The molecule has 0 aliphatic heterocycles. The number of thiazole rings is 1. The van der Waals surface area contributed by atoms with Gasteiger partial charge in [-0.15, -0.1) is 0 Å². The molecule has 0 saturated carbocycles. The van der Waals surface area contributed by atoms with E-state index < -0.39 is 10.8 Å². The van der Waals surface area contributed by atoms with Crippen molar-refractivity contribution in [2.75, 3.05) is 12.4 Å². The van der Waals surface area contributed by atoms with Gasteiger partial charge >= 0.3 is 5.00 Å². The molecule has 0 atom stereocenters. The summed E-state index contributed by atoms with van der Waals surface area (Å²) in [6.07, 6.45) is 6.77. The Balaban J connectivity index is 1.69. The molecule has 1 aliphatic rings. The molecule has 1 aliphatic carbocycles. The third-order valence-electron chi connectivity index (χ3n) is 5.31. The molecule has 9 heteroatoms. The first-order valence-corrected chi connectivity index (χ1v) is 10.4. The lowest BCUT2D eigenvalue weighted by Gasteiger charge is -2.13. The quantitative estimate of drug-likeness (QED) is 0.347. The van der Waals surface area contributed by atoms with Gasteiger partial charge in [0.1, 0.15) is 23.3 Å². The van der Waals surface area contributed by atoms with E-state index in [1.54, 1.807) is 7.11 Å². The predicted octanol–water partition coefficient (Wildman–Crippen LogP) is 5.04. The van der Waals surface area contributed by atoms with Crippen LogP contribution in [0.3, 0.4) is 0 Å². The van der Waals surface area contributed by atoms with Crippen LogP contribution in [0.4, 0.5) is 10.1 Å². The maximum atomic E-state index is 12.5. The SMILES string of the molecule is COc1c(/C(C)=C/C(=O)Nc2ncc([N+](=O)[O-])s2)cc2c3c(oc2c1C)CCCC3. The summed E-state index contributed by atoms with van der Waals surface area (Å²) in [5.41, 5.74) is 4.52. The highest BCUT2D eigenvalue weighted by Crippen LogP contribution is 2.41. The maximum absolute atomic E-state index is 12.5. The number of amides is 1. The first-order chi connectivity index (χ1) is 14.4. The van der Waals surface area contributed by atoms with Gasteiger partial charge in [0.25, 0.3) is 0 Å². The average Bonchev–Trinajstić information content (AvgIpc) is 3.32. The standard InChI is InChI=1S/C21H21N3O5S/c1-11(8-17(25)23-21-22-10-18(30-21)24(26)27)14-9-15-13-6-4-5-7-16(13)29-20(15)12(2)19(14)28-3/h8-10H,4-7H2,1-3H3,(H,22,23,25)/b11-8+. The fraction of sp³-hybridized carbons (Fsp3) is 0.333. The zero-order valence-corrected chi connectivity index (χ0v) is 17.7. The molecule has 2 heterocycles. The number of methoxy groups -OCH3 is 1. The highest BCUT2D eigenvalue weighted by atomic mass is 32.1. The van der Waals surface area contributed by atoms with Gasteiger partial charge in [0.05, 0.1) is 12.0 Å². The minimum absolute atomic E-state index is 0.126. The van der Waals surface area contributed by atoms with Crippen molar-refractivity contribution in [3.63, 3.8) is 0 Å². The van der Waals surface area contributed by atoms with Crippen molar-refractivity contribution >= 4 is 43.9 Å². The van der Waals surface area contributed by atoms with Crippen LogP contribution >= 0.6 is 11.3 Å². The number of allylic oxidation sites excluding steroid dienone is 1. The molecule has 8 nitrogen and oxygen atoms in total. The van der Waals surface area contributed by atoms with Crippen LogP contribution in [0.25, 0.3) is 16.5 Å². The van der Waals surface area contributed by atoms with Gasteiger partial charge in [-0.1, -0.05) is 0 Å². The number of hydrogen-bond donors (Lipinski definition) is 1. The van der Waals surface area contributed by atoms with E-state index in [0.29, 0.717) is 11.3 Å². The number of ether oxygens (including phenoxy) is 1. The highest BCUT2D eigenvalue weighted by Gasteiger charge is 2.23. The zero-order valence-electron chi connectivity index (χ0n) is 16.9. The van der Waals surface area contributed by atoms with Crippen LogP contribution in [-0.2, 0) is 17.6 Å². The largest absolute Gasteiger partial charge is 0.496 e. The van der Waals surface area contributed by atoms with Gasteiger partial charge in [0.15, 0.2) is 5.13 Å². The van der Waals surface area contributed by atoms with Gasteiger partial charge in [-0.2, -0.15) is 0 Å². The second-order valence-corrected chi connectivity index (χ2v) is 8.26. The van der Waals surface area contributed by atoms with Crippen LogP contribution < -0.4 is 10.1 Å². The fourth-order valence-corrected chi connectivity index (χ4v) is 4.55. The number of carbonyl (C=O) groups excluding carboxylic acids is 1. The summed E-state index contributed by atoms with van der Waals surface area (Å²) >= 11 is 0.812. The molecular weight excluding hydrogens is 406 g/mol. The van der Waals surface area contributed by atoms with Crippen LogP contribution in [0.2, 0.25) is 0 Å². The normalized spacial score (nSPS) is 13.9. The molecule has 0 radical (unpaired) electrons. The second-order valence-electron chi connectivity index (χ2n) is 7.25. The van der Waals surface area contributed by atoms with E-state index in [4.69, 9.17) is 9.15 Å². The Labute approximate surface area is 176 Å². The molecular formula is C21H21N3O5S. The predicted molar refractivity (Wildman–Crippen MR) is 115 cm³/mol. The van der Waals surface area contributed by atoms with E-state index in [2.05, 4.69) is 10.3 Å². The number of furan rings is 1. The van der Waals surface area contributed by atoms with Crippen molar-refractivity contribution < 1.29 is 18.9 Å². The summed E-state index contributed by atoms with van der Waals surface area (Å²) in [5, 5.41) is 14.5. The summed E-state index contributed by atoms with van der Waals surface area (Å²) in [7, 11) is 1.60. The number of rotatable bonds is 5. The van der Waals surface area contributed by atoms with Crippen LogP contribution in [-0.4, -0.2) is 22.9 Å². The summed E-state index contributed by atoms with van der Waals surface area (Å²) in [4.78, 5) is 26.6. The van der Waals surface area contributed by atoms with Crippen LogP contribution in [0.5, 0.6) is 5.75 Å². The number of hydrogen-bond acceptors (Lipinski definition) is 7. The number of aromatic nitrogens is 1. The molecule has 1 aromatic carbocycles. The summed E-state index contributed by atoms with van der Waals surface area (Å²) in [6, 6.07) is 2.03. The summed E-state index contributed by atoms with van der Waals surface area (Å²) in [5.74, 6) is 1.30. The lowest BCUT2D eigenvalue weighted by Crippen LogP contribution is -2.08. The molecule has 0 bridgehead atoms. The van der Waals surface area contributed by atoms with E-state index in [9.17, 15) is 14.9 Å². The molecule has 1 amide bonds. The molecule has 0 saturated heterocycles. The number of nitro groups is 1. The van der Waals surface area contributed by atoms with Gasteiger partial charge < -0.3 is 9.15 Å². The molecule has 30 heavy (non-hydrogen) atoms. The second kappa shape index (κ2) is 7.91. The maximum Gasteiger partial charge on any atom is 0.345 e. The topological polar surface area (TPSA) is 108 Å². The Morgan fingerprint density at radius 2 is 2.17 bits per heavy atom. The number of benzene rings is 1. The molecule has 0 spiro atoms. The smallest absolute Gasteiger partial charge is 0.345 e. The lowest BCUT2D eigenvalue weighted by atomic mass is 9.93. The van der Waals surface area contributed by atoms with E-state index in [1.165, 1.54) is 11.6 Å². The third-order valence-corrected chi connectivity index (χ3v) is 6.17. The van der Waals surface area contributed by atoms with Gasteiger partial charge in [0, 0.05) is 34.6 Å². The van der Waals surface area contributed by atoms with Gasteiger partial charge in [0.2, 0.25) is 5.91 Å². The minimum atomic E-state index is -0.539. The molecule has 0 fully saturated rings. The Morgan fingerprint density at radius 1 is 1.40 bits per heavy atom. The lowest BCUT2D eigenvalue weighted by molar-refractivity contribution is -0.380.